The molecule has 5 heterocycles. The number of nitrogens with zero attached hydrogens (tertiary/aromatic N) is 7. The number of methoxy groups -OCH3 is 1. The van der Waals surface area contributed by atoms with E-state index in [1.165, 1.54) is 24.2 Å². The molecule has 11 heteroatoms. The van der Waals surface area contributed by atoms with Gasteiger partial charge in [-0.15, -0.1) is 0 Å². The Labute approximate surface area is 211 Å². The molecule has 0 atom stereocenters. The second kappa shape index (κ2) is 9.01. The number of aromatic nitrogens is 6. The normalized spacial score (nSPS) is 13.9. The molecule has 37 heavy (non-hydrogen) atoms. The highest BCUT2D eigenvalue weighted by atomic mass is 16.5. The van der Waals surface area contributed by atoms with Gasteiger partial charge < -0.3 is 19.5 Å². The topological polar surface area (TPSA) is 122 Å². The van der Waals surface area contributed by atoms with E-state index in [2.05, 4.69) is 29.9 Å². The highest BCUT2D eigenvalue weighted by molar-refractivity contribution is 6.45. The summed E-state index contributed by atoms with van der Waals surface area (Å²) < 4.78 is 7.00. The summed E-state index contributed by atoms with van der Waals surface area (Å²) in [6.07, 6.45) is 6.37. The Kier molecular flexibility index (Phi) is 5.52. The maximum Gasteiger partial charge on any atom is 0.295 e. The molecule has 1 fully saturated rings. The third kappa shape index (κ3) is 3.84. The van der Waals surface area contributed by atoms with E-state index in [4.69, 9.17) is 4.74 Å². The number of hydrogen-bond acceptors (Lipinski definition) is 8. The van der Waals surface area contributed by atoms with Crippen LogP contribution in [0.4, 0.5) is 5.69 Å². The molecule has 1 N–H and O–H groups in total. The largest absolute Gasteiger partial charge is 0.494 e. The monoisotopic (exact) mass is 496 g/mol. The second-order valence-electron chi connectivity index (χ2n) is 8.80. The van der Waals surface area contributed by atoms with E-state index >= 15 is 0 Å². The van der Waals surface area contributed by atoms with Crippen molar-refractivity contribution in [2.45, 2.75) is 6.92 Å². The van der Waals surface area contributed by atoms with E-state index in [-0.39, 0.29) is 5.56 Å². The van der Waals surface area contributed by atoms with Gasteiger partial charge in [-0.1, -0.05) is 18.2 Å². The number of para-hydroxylation sites is 1. The summed E-state index contributed by atoms with van der Waals surface area (Å²) in [5.74, 6) is 0.286. The number of benzene rings is 1. The molecule has 1 aliphatic heterocycles. The fraction of sp³-hybridized carbons (Fsp3) is 0.231. The Hall–Kier alpha value is -4.80. The zero-order chi connectivity index (χ0) is 25.5. The molecule has 6 rings (SSSR count). The lowest BCUT2D eigenvalue weighted by atomic mass is 10.1. The average Bonchev–Trinajstić information content (AvgIpc) is 3.58. The molecule has 0 bridgehead atoms. The number of aryl methyl sites for hydroxylation is 1. The summed E-state index contributed by atoms with van der Waals surface area (Å²) in [6.45, 7) is 3.84. The van der Waals surface area contributed by atoms with Crippen LogP contribution < -0.4 is 9.64 Å². The Morgan fingerprint density at radius 2 is 1.84 bits per heavy atom. The van der Waals surface area contributed by atoms with Gasteiger partial charge in [0, 0.05) is 44.0 Å². The zero-order valence-corrected chi connectivity index (χ0v) is 20.4. The van der Waals surface area contributed by atoms with Crippen molar-refractivity contribution >= 4 is 39.2 Å². The molecule has 0 unspecified atom stereocenters. The molecule has 0 radical (unpaired) electrons. The van der Waals surface area contributed by atoms with Gasteiger partial charge in [0.05, 0.1) is 41.0 Å². The molecule has 11 nitrogen and oxygen atoms in total. The van der Waals surface area contributed by atoms with Crippen LogP contribution in [0.3, 0.4) is 0 Å². The third-order valence-electron chi connectivity index (χ3n) is 6.66. The van der Waals surface area contributed by atoms with Crippen molar-refractivity contribution in [1.29, 1.82) is 0 Å². The number of ether oxygens (including phenoxy) is 1. The smallest absolute Gasteiger partial charge is 0.295 e. The molecule has 0 saturated carbocycles. The van der Waals surface area contributed by atoms with Crippen LogP contribution in [0.5, 0.6) is 5.75 Å². The number of H-pyrrole nitrogens is 1. The van der Waals surface area contributed by atoms with E-state index in [9.17, 15) is 9.59 Å². The van der Waals surface area contributed by atoms with Crippen LogP contribution in [-0.4, -0.2) is 79.6 Å². The summed E-state index contributed by atoms with van der Waals surface area (Å²) in [6, 6.07) is 10.0. The van der Waals surface area contributed by atoms with Gasteiger partial charge >= 0.3 is 0 Å². The summed E-state index contributed by atoms with van der Waals surface area (Å²) in [7, 11) is 1.50. The van der Waals surface area contributed by atoms with E-state index in [1.807, 2.05) is 30.3 Å². The van der Waals surface area contributed by atoms with Crippen LogP contribution in [0.25, 0.3) is 27.6 Å². The highest BCUT2D eigenvalue weighted by Gasteiger charge is 2.30. The Balaban J connectivity index is 1.25. The maximum atomic E-state index is 13.4. The van der Waals surface area contributed by atoms with Gasteiger partial charge in [0.1, 0.15) is 17.9 Å². The fourth-order valence-electron chi connectivity index (χ4n) is 4.81. The van der Waals surface area contributed by atoms with Crippen LogP contribution in [0.2, 0.25) is 0 Å². The SMILES string of the molecule is COc1cnc(-n2cnc(C)n2)c2[nH]cc(C(=O)C(=O)N3CCN(c4cccc5cccnc45)CC3)c12. The van der Waals surface area contributed by atoms with Crippen molar-refractivity contribution in [3.63, 3.8) is 0 Å². The second-order valence-corrected chi connectivity index (χ2v) is 8.80. The number of pyridine rings is 2. The first-order chi connectivity index (χ1) is 18.0. The Morgan fingerprint density at radius 3 is 2.59 bits per heavy atom. The predicted molar refractivity (Wildman–Crippen MR) is 137 cm³/mol. The molecule has 0 aliphatic carbocycles. The number of aromatic amines is 1. The summed E-state index contributed by atoms with van der Waals surface area (Å²) in [5, 5.41) is 5.87. The van der Waals surface area contributed by atoms with Gasteiger partial charge in [0.2, 0.25) is 0 Å². The van der Waals surface area contributed by atoms with Crippen LogP contribution in [0.15, 0.2) is 55.2 Å². The standard InChI is InChI=1S/C26H24N8O3/c1-16-30-15-34(31-16)25-23-21(20(37-2)14-29-25)18(13-28-23)24(35)26(36)33-11-9-32(10-12-33)19-7-3-5-17-6-4-8-27-22(17)19/h3-8,13-15,28H,9-12H2,1-2H3. The number of hydrogen-bond donors (Lipinski definition) is 1. The van der Waals surface area contributed by atoms with Crippen LogP contribution in [0, 0.1) is 6.92 Å². The quantitative estimate of drug-likeness (QED) is 0.291. The molecule has 5 aromatic rings. The number of carbonyl (C=O) groups is 2. The van der Waals surface area contributed by atoms with Crippen molar-refractivity contribution in [3.05, 3.63) is 66.6 Å². The summed E-state index contributed by atoms with van der Waals surface area (Å²) in [5.41, 5.74) is 2.73. The van der Waals surface area contributed by atoms with Crippen molar-refractivity contribution in [1.82, 2.24) is 34.6 Å². The molecule has 1 amide bonds. The summed E-state index contributed by atoms with van der Waals surface area (Å²) >= 11 is 0. The summed E-state index contributed by atoms with van der Waals surface area (Å²) in [4.78, 5) is 46.7. The van der Waals surface area contributed by atoms with Crippen molar-refractivity contribution in [2.24, 2.45) is 0 Å². The van der Waals surface area contributed by atoms with Crippen LogP contribution in [-0.2, 0) is 4.79 Å². The number of anilines is 1. The first-order valence-corrected chi connectivity index (χ1v) is 11.9. The van der Waals surface area contributed by atoms with Crippen molar-refractivity contribution < 1.29 is 14.3 Å². The van der Waals surface area contributed by atoms with Gasteiger partial charge in [-0.3, -0.25) is 14.6 Å². The van der Waals surface area contributed by atoms with E-state index in [1.54, 1.807) is 24.3 Å². The molecule has 1 aromatic carbocycles. The maximum absolute atomic E-state index is 13.4. The number of Topliss-reactive ketones (excluding diaryl/α,β-unsaturated/α-hetero) is 1. The lowest BCUT2D eigenvalue weighted by molar-refractivity contribution is -0.126. The number of amides is 1. The minimum absolute atomic E-state index is 0.234. The molecule has 1 saturated heterocycles. The lowest BCUT2D eigenvalue weighted by Gasteiger charge is -2.36. The van der Waals surface area contributed by atoms with E-state index < -0.39 is 11.7 Å². The zero-order valence-electron chi connectivity index (χ0n) is 20.4. The molecular weight excluding hydrogens is 472 g/mol. The van der Waals surface area contributed by atoms with Crippen LogP contribution >= 0.6 is 0 Å². The minimum Gasteiger partial charge on any atom is -0.494 e. The Bertz CT molecular complexity index is 1640. The molecule has 1 aliphatic rings. The van der Waals surface area contributed by atoms with Gasteiger partial charge in [0.25, 0.3) is 11.7 Å². The number of piperazine rings is 1. The number of nitrogens with one attached hydrogen (secondary N) is 1. The first kappa shape index (κ1) is 22.7. The molecule has 4 aromatic heterocycles. The molecule has 186 valence electrons. The Morgan fingerprint density at radius 1 is 1.03 bits per heavy atom. The number of fused-ring (bicyclic) bond motifs is 2. The van der Waals surface area contributed by atoms with Gasteiger partial charge in [-0.25, -0.2) is 14.6 Å². The number of ketones is 1. The number of rotatable bonds is 5. The van der Waals surface area contributed by atoms with Crippen molar-refractivity contribution in [3.8, 4) is 11.6 Å². The minimum atomic E-state index is -0.600. The lowest BCUT2D eigenvalue weighted by Crippen LogP contribution is -2.50. The fourth-order valence-corrected chi connectivity index (χ4v) is 4.81. The highest BCUT2D eigenvalue weighted by Crippen LogP contribution is 2.32. The van der Waals surface area contributed by atoms with Crippen molar-refractivity contribution in [2.75, 3.05) is 38.2 Å². The van der Waals surface area contributed by atoms with E-state index in [0.717, 1.165) is 16.6 Å². The molecule has 0 spiro atoms. The average molecular weight is 497 g/mol. The number of carbonyl (C=O) groups excluding carboxylic acids is 2. The van der Waals surface area contributed by atoms with Gasteiger partial charge in [-0.2, -0.15) is 5.10 Å². The predicted octanol–water partition coefficient (Wildman–Crippen LogP) is 2.54. The molecular formula is C26H24N8O3. The first-order valence-electron chi connectivity index (χ1n) is 11.9. The van der Waals surface area contributed by atoms with E-state index in [0.29, 0.717) is 54.5 Å². The van der Waals surface area contributed by atoms with Gasteiger partial charge in [-0.05, 0) is 19.1 Å². The van der Waals surface area contributed by atoms with Gasteiger partial charge in [0.15, 0.2) is 5.82 Å². The third-order valence-corrected chi connectivity index (χ3v) is 6.66. The van der Waals surface area contributed by atoms with Crippen LogP contribution in [0.1, 0.15) is 16.2 Å².